The molecule has 0 atom stereocenters. The number of hydrogen-bond donors (Lipinski definition) is 1. The van der Waals surface area contributed by atoms with Gasteiger partial charge in [-0.05, 0) is 46.6 Å². The number of nitrogens with one attached hydrogen (secondary N) is 1. The fourth-order valence-electron chi connectivity index (χ4n) is 2.29. The standard InChI is InChI=1S/C17H11BrN2OS/c1-10-3-2-4-11(5-10)15-7-13(14(8-19)17(21)20-15)16-6-12(18)9-22-16/h2-7,9H,1H3,(H,20,21). The Morgan fingerprint density at radius 2 is 2.09 bits per heavy atom. The van der Waals surface area contributed by atoms with Crippen molar-refractivity contribution in [2.75, 3.05) is 0 Å². The van der Waals surface area contributed by atoms with Gasteiger partial charge in [-0.1, -0.05) is 23.8 Å². The van der Waals surface area contributed by atoms with Gasteiger partial charge in [0, 0.05) is 26.0 Å². The summed E-state index contributed by atoms with van der Waals surface area (Å²) >= 11 is 4.91. The molecule has 0 aliphatic heterocycles. The fraction of sp³-hybridized carbons (Fsp3) is 0.0588. The Morgan fingerprint density at radius 1 is 1.27 bits per heavy atom. The lowest BCUT2D eigenvalue weighted by atomic mass is 10.0. The minimum absolute atomic E-state index is 0.144. The first kappa shape index (κ1) is 14.8. The highest BCUT2D eigenvalue weighted by Crippen LogP contribution is 2.32. The van der Waals surface area contributed by atoms with Crippen LogP contribution in [-0.4, -0.2) is 4.98 Å². The topological polar surface area (TPSA) is 56.6 Å². The minimum atomic E-state index is -0.360. The lowest BCUT2D eigenvalue weighted by Crippen LogP contribution is -2.12. The SMILES string of the molecule is Cc1cccc(-c2cc(-c3cc(Br)cs3)c(C#N)c(=O)[nH]2)c1. The average Bonchev–Trinajstić information content (AvgIpc) is 2.93. The van der Waals surface area contributed by atoms with Crippen LogP contribution in [0, 0.1) is 18.3 Å². The molecule has 1 aromatic carbocycles. The van der Waals surface area contributed by atoms with E-state index in [1.165, 1.54) is 11.3 Å². The number of nitrogens with zero attached hydrogens (tertiary/aromatic N) is 1. The molecular formula is C17H11BrN2OS. The third kappa shape index (κ3) is 2.76. The van der Waals surface area contributed by atoms with Crippen LogP contribution >= 0.6 is 27.3 Å². The van der Waals surface area contributed by atoms with Crippen LogP contribution in [0.2, 0.25) is 0 Å². The molecule has 0 fully saturated rings. The smallest absolute Gasteiger partial charge is 0.267 e. The summed E-state index contributed by atoms with van der Waals surface area (Å²) in [5.74, 6) is 0. The second-order valence-corrected chi connectivity index (χ2v) is 6.74. The predicted octanol–water partition coefficient (Wildman–Crippen LogP) is 4.71. The van der Waals surface area contributed by atoms with Gasteiger partial charge in [-0.2, -0.15) is 5.26 Å². The van der Waals surface area contributed by atoms with E-state index in [1.54, 1.807) is 0 Å². The van der Waals surface area contributed by atoms with Gasteiger partial charge in [0.25, 0.3) is 5.56 Å². The van der Waals surface area contributed by atoms with Crippen molar-refractivity contribution >= 4 is 27.3 Å². The van der Waals surface area contributed by atoms with Crippen molar-refractivity contribution in [3.63, 3.8) is 0 Å². The zero-order chi connectivity index (χ0) is 15.7. The second-order valence-electron chi connectivity index (χ2n) is 4.91. The minimum Gasteiger partial charge on any atom is -0.321 e. The molecule has 0 radical (unpaired) electrons. The van der Waals surface area contributed by atoms with Crippen molar-refractivity contribution < 1.29 is 0 Å². The zero-order valence-electron chi connectivity index (χ0n) is 11.7. The van der Waals surface area contributed by atoms with Gasteiger partial charge in [0.05, 0.1) is 0 Å². The van der Waals surface area contributed by atoms with Crippen LogP contribution in [0.1, 0.15) is 11.1 Å². The molecule has 0 unspecified atom stereocenters. The lowest BCUT2D eigenvalue weighted by molar-refractivity contribution is 1.22. The number of thiophene rings is 1. The van der Waals surface area contributed by atoms with E-state index in [2.05, 4.69) is 20.9 Å². The summed E-state index contributed by atoms with van der Waals surface area (Å²) in [4.78, 5) is 15.9. The van der Waals surface area contributed by atoms with Gasteiger partial charge in [0.15, 0.2) is 0 Å². The Morgan fingerprint density at radius 3 is 2.73 bits per heavy atom. The number of hydrogen-bond acceptors (Lipinski definition) is 3. The van der Waals surface area contributed by atoms with Gasteiger partial charge < -0.3 is 4.98 Å². The molecule has 0 bridgehead atoms. The van der Waals surface area contributed by atoms with Crippen molar-refractivity contribution in [3.05, 3.63) is 67.7 Å². The van der Waals surface area contributed by atoms with Crippen LogP contribution in [0.4, 0.5) is 0 Å². The second kappa shape index (κ2) is 5.91. The summed E-state index contributed by atoms with van der Waals surface area (Å²) < 4.78 is 0.939. The normalized spacial score (nSPS) is 10.4. The first-order valence-electron chi connectivity index (χ1n) is 6.57. The maximum atomic E-state index is 12.2. The van der Waals surface area contributed by atoms with Crippen LogP contribution < -0.4 is 5.56 Å². The van der Waals surface area contributed by atoms with Crippen molar-refractivity contribution in [2.45, 2.75) is 6.92 Å². The van der Waals surface area contributed by atoms with E-state index < -0.39 is 0 Å². The number of aromatic nitrogens is 1. The Bertz CT molecular complexity index is 950. The molecule has 5 heteroatoms. The van der Waals surface area contributed by atoms with E-state index in [9.17, 15) is 10.1 Å². The highest BCUT2D eigenvalue weighted by molar-refractivity contribution is 9.10. The van der Waals surface area contributed by atoms with Crippen molar-refractivity contribution in [2.24, 2.45) is 0 Å². The van der Waals surface area contributed by atoms with Crippen molar-refractivity contribution in [1.82, 2.24) is 4.98 Å². The molecule has 3 rings (SSSR count). The number of rotatable bonds is 2. The number of halogens is 1. The molecule has 0 aliphatic rings. The fourth-order valence-corrected chi connectivity index (χ4v) is 3.74. The van der Waals surface area contributed by atoms with E-state index in [0.717, 1.165) is 20.5 Å². The maximum Gasteiger partial charge on any atom is 0.267 e. The highest BCUT2D eigenvalue weighted by atomic mass is 79.9. The van der Waals surface area contributed by atoms with E-state index in [-0.39, 0.29) is 11.1 Å². The Hall–Kier alpha value is -2.16. The quantitative estimate of drug-likeness (QED) is 0.709. The summed E-state index contributed by atoms with van der Waals surface area (Å²) in [6.07, 6.45) is 0. The summed E-state index contributed by atoms with van der Waals surface area (Å²) in [5.41, 5.74) is 3.21. The van der Waals surface area contributed by atoms with Crippen LogP contribution in [0.15, 0.2) is 51.0 Å². The third-order valence-corrected chi connectivity index (χ3v) is 5.03. The first-order chi connectivity index (χ1) is 10.6. The van der Waals surface area contributed by atoms with Gasteiger partial charge in [-0.25, -0.2) is 0 Å². The van der Waals surface area contributed by atoms with Gasteiger partial charge in [0.1, 0.15) is 11.6 Å². The predicted molar refractivity (Wildman–Crippen MR) is 93.0 cm³/mol. The number of benzene rings is 1. The molecule has 0 aliphatic carbocycles. The third-order valence-electron chi connectivity index (χ3n) is 3.31. The molecule has 22 heavy (non-hydrogen) atoms. The van der Waals surface area contributed by atoms with E-state index >= 15 is 0 Å². The summed E-state index contributed by atoms with van der Waals surface area (Å²) in [6.45, 7) is 2.00. The van der Waals surface area contributed by atoms with E-state index in [0.29, 0.717) is 11.3 Å². The number of aromatic amines is 1. The molecule has 1 N–H and O–H groups in total. The Balaban J connectivity index is 2.26. The van der Waals surface area contributed by atoms with Crippen LogP contribution in [0.5, 0.6) is 0 Å². The van der Waals surface area contributed by atoms with Crippen LogP contribution in [0.3, 0.4) is 0 Å². The number of nitriles is 1. The monoisotopic (exact) mass is 370 g/mol. The molecule has 0 amide bonds. The summed E-state index contributed by atoms with van der Waals surface area (Å²) in [7, 11) is 0. The first-order valence-corrected chi connectivity index (χ1v) is 8.24. The molecule has 3 aromatic rings. The zero-order valence-corrected chi connectivity index (χ0v) is 14.1. The molecule has 0 spiro atoms. The van der Waals surface area contributed by atoms with Crippen molar-refractivity contribution in [3.8, 4) is 27.8 Å². The molecule has 2 aromatic heterocycles. The average molecular weight is 371 g/mol. The molecule has 0 saturated heterocycles. The van der Waals surface area contributed by atoms with Gasteiger partial charge >= 0.3 is 0 Å². The maximum absolute atomic E-state index is 12.2. The molecule has 2 heterocycles. The molecule has 0 saturated carbocycles. The Kier molecular flexibility index (Phi) is 3.97. The summed E-state index contributed by atoms with van der Waals surface area (Å²) in [5, 5.41) is 11.2. The van der Waals surface area contributed by atoms with Crippen LogP contribution in [-0.2, 0) is 0 Å². The lowest BCUT2D eigenvalue weighted by Gasteiger charge is -2.07. The number of aryl methyl sites for hydroxylation is 1. The van der Waals surface area contributed by atoms with Gasteiger partial charge in [-0.3, -0.25) is 4.79 Å². The van der Waals surface area contributed by atoms with Crippen LogP contribution in [0.25, 0.3) is 21.7 Å². The van der Waals surface area contributed by atoms with Gasteiger partial charge in [-0.15, -0.1) is 11.3 Å². The molecular weight excluding hydrogens is 360 g/mol. The Labute approximate surface area is 140 Å². The van der Waals surface area contributed by atoms with Gasteiger partial charge in [0.2, 0.25) is 0 Å². The largest absolute Gasteiger partial charge is 0.321 e. The highest BCUT2D eigenvalue weighted by Gasteiger charge is 2.14. The van der Waals surface area contributed by atoms with E-state index in [4.69, 9.17) is 0 Å². The number of pyridine rings is 1. The molecule has 3 nitrogen and oxygen atoms in total. The summed E-state index contributed by atoms with van der Waals surface area (Å²) in [6, 6.07) is 13.7. The molecule has 108 valence electrons. The number of H-pyrrole nitrogens is 1. The van der Waals surface area contributed by atoms with E-state index in [1.807, 2.05) is 54.8 Å². The van der Waals surface area contributed by atoms with Crippen molar-refractivity contribution in [1.29, 1.82) is 5.26 Å².